The minimum atomic E-state index is 0.949. The highest BCUT2D eigenvalue weighted by Crippen LogP contribution is 2.37. The van der Waals surface area contributed by atoms with Crippen molar-refractivity contribution in [2.24, 2.45) is 0 Å². The van der Waals surface area contributed by atoms with Gasteiger partial charge in [-0.3, -0.25) is 9.97 Å². The fourth-order valence-electron chi connectivity index (χ4n) is 4.53. The first kappa shape index (κ1) is 18.7. The van der Waals surface area contributed by atoms with Gasteiger partial charge in [0.05, 0.1) is 11.0 Å². The molecule has 1 heterocycles. The van der Waals surface area contributed by atoms with E-state index in [-0.39, 0.29) is 0 Å². The van der Waals surface area contributed by atoms with Crippen LogP contribution in [0.3, 0.4) is 0 Å². The Balaban J connectivity index is 1.64. The number of hydrogen-bond acceptors (Lipinski definition) is 2. The summed E-state index contributed by atoms with van der Waals surface area (Å²) >= 11 is 0. The summed E-state index contributed by atoms with van der Waals surface area (Å²) in [6, 6.07) is 30.7. The van der Waals surface area contributed by atoms with Crippen LogP contribution in [-0.4, -0.2) is 9.97 Å². The Kier molecular flexibility index (Phi) is 4.26. The zero-order chi connectivity index (χ0) is 21.7. The largest absolute Gasteiger partial charge is 0.252 e. The SMILES string of the molecule is Cc1ccc(-c2ccc3c4ccc(-c5ccc(C)cc5)cc4c4nccnc4c3c2)cc1. The number of aromatic nitrogens is 2. The van der Waals surface area contributed by atoms with Gasteiger partial charge in [0.1, 0.15) is 0 Å². The van der Waals surface area contributed by atoms with Crippen molar-refractivity contribution in [3.8, 4) is 22.3 Å². The molecule has 0 saturated carbocycles. The minimum Gasteiger partial charge on any atom is -0.252 e. The van der Waals surface area contributed by atoms with Crippen molar-refractivity contribution < 1.29 is 0 Å². The Hall–Kier alpha value is -4.04. The van der Waals surface area contributed by atoms with Gasteiger partial charge in [0.2, 0.25) is 0 Å². The summed E-state index contributed by atoms with van der Waals surface area (Å²) in [5.41, 5.74) is 9.24. The van der Waals surface area contributed by atoms with E-state index in [1.165, 1.54) is 44.2 Å². The molecule has 0 unspecified atom stereocenters. The van der Waals surface area contributed by atoms with E-state index >= 15 is 0 Å². The van der Waals surface area contributed by atoms with Gasteiger partial charge in [0, 0.05) is 23.2 Å². The predicted octanol–water partition coefficient (Wildman–Crippen LogP) is 7.89. The van der Waals surface area contributed by atoms with Gasteiger partial charge in [-0.15, -0.1) is 0 Å². The molecule has 6 aromatic rings. The second kappa shape index (κ2) is 7.28. The molecule has 32 heavy (non-hydrogen) atoms. The molecule has 2 nitrogen and oxygen atoms in total. The van der Waals surface area contributed by atoms with E-state index in [9.17, 15) is 0 Å². The molecule has 0 saturated heterocycles. The molecule has 0 aliphatic rings. The van der Waals surface area contributed by atoms with Crippen LogP contribution in [0.5, 0.6) is 0 Å². The fourth-order valence-corrected chi connectivity index (χ4v) is 4.53. The van der Waals surface area contributed by atoms with Crippen LogP contribution in [0.25, 0.3) is 54.8 Å². The maximum absolute atomic E-state index is 4.76. The quantitative estimate of drug-likeness (QED) is 0.271. The van der Waals surface area contributed by atoms with Gasteiger partial charge < -0.3 is 0 Å². The average molecular weight is 411 g/mol. The number of benzene rings is 5. The normalized spacial score (nSPS) is 11.4. The van der Waals surface area contributed by atoms with Gasteiger partial charge in [-0.05, 0) is 59.0 Å². The lowest BCUT2D eigenvalue weighted by Gasteiger charge is -2.12. The minimum absolute atomic E-state index is 0.949. The Morgan fingerprint density at radius 1 is 0.406 bits per heavy atom. The van der Waals surface area contributed by atoms with Gasteiger partial charge in [-0.25, -0.2) is 0 Å². The lowest BCUT2D eigenvalue weighted by atomic mass is 9.93. The summed E-state index contributed by atoms with van der Waals surface area (Å²) in [7, 11) is 0. The number of nitrogens with zero attached hydrogens (tertiary/aromatic N) is 2. The highest BCUT2D eigenvalue weighted by Gasteiger charge is 2.13. The van der Waals surface area contributed by atoms with E-state index in [1.807, 2.05) is 0 Å². The zero-order valence-corrected chi connectivity index (χ0v) is 18.1. The molecule has 0 fully saturated rings. The van der Waals surface area contributed by atoms with Crippen molar-refractivity contribution in [1.82, 2.24) is 9.97 Å². The standard InChI is InChI=1S/C30H22N2/c1-19-3-7-21(8-4-19)23-11-13-25-26-14-12-24(22-9-5-20(2)6-10-22)18-28(26)30-29(27(25)17-23)31-15-16-32-30/h3-18H,1-2H3. The lowest BCUT2D eigenvalue weighted by molar-refractivity contribution is 1.31. The Morgan fingerprint density at radius 2 is 0.781 bits per heavy atom. The summed E-state index contributed by atoms with van der Waals surface area (Å²) in [6.45, 7) is 4.23. The molecule has 0 aliphatic heterocycles. The van der Waals surface area contributed by atoms with Crippen molar-refractivity contribution >= 4 is 32.6 Å². The van der Waals surface area contributed by atoms with Crippen LogP contribution in [0.15, 0.2) is 97.3 Å². The van der Waals surface area contributed by atoms with E-state index in [4.69, 9.17) is 9.97 Å². The maximum Gasteiger partial charge on any atom is 0.0971 e. The Bertz CT molecular complexity index is 1470. The zero-order valence-electron chi connectivity index (χ0n) is 18.1. The molecule has 0 spiro atoms. The molecule has 0 N–H and O–H groups in total. The van der Waals surface area contributed by atoms with Crippen LogP contribution in [0.4, 0.5) is 0 Å². The highest BCUT2D eigenvalue weighted by molar-refractivity contribution is 6.24. The summed E-state index contributed by atoms with van der Waals surface area (Å²) in [6.07, 6.45) is 3.58. The van der Waals surface area contributed by atoms with Crippen molar-refractivity contribution in [3.63, 3.8) is 0 Å². The van der Waals surface area contributed by atoms with Crippen molar-refractivity contribution in [2.45, 2.75) is 13.8 Å². The molecular weight excluding hydrogens is 388 g/mol. The smallest absolute Gasteiger partial charge is 0.0971 e. The monoisotopic (exact) mass is 410 g/mol. The van der Waals surface area contributed by atoms with Crippen LogP contribution >= 0.6 is 0 Å². The number of rotatable bonds is 2. The van der Waals surface area contributed by atoms with Crippen molar-refractivity contribution in [2.75, 3.05) is 0 Å². The maximum atomic E-state index is 4.76. The average Bonchev–Trinajstić information content (AvgIpc) is 2.84. The molecule has 0 amide bonds. The van der Waals surface area contributed by atoms with E-state index in [2.05, 4.69) is 98.8 Å². The van der Waals surface area contributed by atoms with E-state index < -0.39 is 0 Å². The fraction of sp³-hybridized carbons (Fsp3) is 0.0667. The van der Waals surface area contributed by atoms with Crippen LogP contribution in [0, 0.1) is 13.8 Å². The number of hydrogen-bond donors (Lipinski definition) is 0. The van der Waals surface area contributed by atoms with E-state index in [1.54, 1.807) is 12.4 Å². The van der Waals surface area contributed by atoms with Gasteiger partial charge in [0.25, 0.3) is 0 Å². The molecule has 1 aromatic heterocycles. The van der Waals surface area contributed by atoms with Crippen molar-refractivity contribution in [1.29, 1.82) is 0 Å². The first-order valence-electron chi connectivity index (χ1n) is 10.9. The first-order valence-corrected chi connectivity index (χ1v) is 10.9. The third-order valence-electron chi connectivity index (χ3n) is 6.31. The third kappa shape index (κ3) is 3.04. The van der Waals surface area contributed by atoms with Crippen molar-refractivity contribution in [3.05, 3.63) is 108 Å². The lowest BCUT2D eigenvalue weighted by Crippen LogP contribution is -1.90. The molecule has 2 heteroatoms. The summed E-state index contributed by atoms with van der Waals surface area (Å²) in [5, 5.41) is 4.70. The predicted molar refractivity (Wildman–Crippen MR) is 135 cm³/mol. The molecular formula is C30H22N2. The van der Waals surface area contributed by atoms with Gasteiger partial charge in [0.15, 0.2) is 0 Å². The second-order valence-electron chi connectivity index (χ2n) is 8.51. The first-order chi connectivity index (χ1) is 15.7. The molecule has 6 rings (SSSR count). The number of fused-ring (bicyclic) bond motifs is 6. The van der Waals surface area contributed by atoms with Gasteiger partial charge in [-0.1, -0.05) is 83.9 Å². The highest BCUT2D eigenvalue weighted by atomic mass is 14.8. The molecule has 0 atom stereocenters. The molecule has 0 radical (unpaired) electrons. The topological polar surface area (TPSA) is 25.8 Å². The molecule has 0 bridgehead atoms. The van der Waals surface area contributed by atoms with Gasteiger partial charge in [-0.2, -0.15) is 0 Å². The van der Waals surface area contributed by atoms with Crippen LogP contribution in [0.2, 0.25) is 0 Å². The summed E-state index contributed by atoms with van der Waals surface area (Å²) < 4.78 is 0. The van der Waals surface area contributed by atoms with Crippen LogP contribution in [0.1, 0.15) is 11.1 Å². The number of aryl methyl sites for hydroxylation is 2. The van der Waals surface area contributed by atoms with E-state index in [0.717, 1.165) is 21.8 Å². The second-order valence-corrected chi connectivity index (χ2v) is 8.51. The van der Waals surface area contributed by atoms with E-state index in [0.29, 0.717) is 0 Å². The van der Waals surface area contributed by atoms with Gasteiger partial charge >= 0.3 is 0 Å². The summed E-state index contributed by atoms with van der Waals surface area (Å²) in [4.78, 5) is 9.52. The molecule has 152 valence electrons. The molecule has 5 aromatic carbocycles. The summed E-state index contributed by atoms with van der Waals surface area (Å²) in [5.74, 6) is 0. The third-order valence-corrected chi connectivity index (χ3v) is 6.31. The Morgan fingerprint density at radius 3 is 1.19 bits per heavy atom. The Labute approximate surface area is 187 Å². The molecule has 0 aliphatic carbocycles. The van der Waals surface area contributed by atoms with Crippen LogP contribution < -0.4 is 0 Å². The van der Waals surface area contributed by atoms with Crippen LogP contribution in [-0.2, 0) is 0 Å².